The van der Waals surface area contributed by atoms with E-state index in [0.717, 1.165) is 66.2 Å². The summed E-state index contributed by atoms with van der Waals surface area (Å²) in [6, 6.07) is 7.57. The molecule has 1 aromatic heterocycles. The number of rotatable bonds is 17. The van der Waals surface area contributed by atoms with E-state index in [9.17, 15) is 14.7 Å². The van der Waals surface area contributed by atoms with E-state index in [2.05, 4.69) is 69.1 Å². The van der Waals surface area contributed by atoms with Crippen molar-refractivity contribution in [1.29, 1.82) is 0 Å². The molecule has 1 aliphatic carbocycles. The summed E-state index contributed by atoms with van der Waals surface area (Å²) in [5.74, 6) is 1.31. The number of hydrazine groups is 1. The van der Waals surface area contributed by atoms with Crippen LogP contribution in [0.3, 0.4) is 0 Å². The van der Waals surface area contributed by atoms with Crippen LogP contribution in [0, 0.1) is 11.8 Å². The van der Waals surface area contributed by atoms with Gasteiger partial charge in [-0.25, -0.2) is 0 Å². The summed E-state index contributed by atoms with van der Waals surface area (Å²) in [6.07, 6.45) is 18.4. The normalized spacial score (nSPS) is 18.0. The molecular weight excluding hydrogens is 574 g/mol. The number of nitrogens with one attached hydrogen (secondary N) is 5. The lowest BCUT2D eigenvalue weighted by molar-refractivity contribution is -0.120. The molecule has 2 aromatic rings. The first-order valence-electron chi connectivity index (χ1n) is 15.6. The molecule has 11 heteroatoms. The molecule has 2 aliphatic rings. The predicted molar refractivity (Wildman–Crippen MR) is 175 cm³/mol. The molecule has 3 atom stereocenters. The van der Waals surface area contributed by atoms with Crippen LogP contribution in [-0.2, 0) is 28.9 Å². The molecule has 10 nitrogen and oxygen atoms in total. The first kappa shape index (κ1) is 32.9. The smallest absolute Gasteiger partial charge is 0.230 e. The zero-order valence-corrected chi connectivity index (χ0v) is 26.5. The van der Waals surface area contributed by atoms with Gasteiger partial charge in [-0.05, 0) is 67.2 Å². The zero-order chi connectivity index (χ0) is 31.1. The van der Waals surface area contributed by atoms with Crippen LogP contribution in [-0.4, -0.2) is 39.9 Å². The first-order chi connectivity index (χ1) is 21.4. The number of allylic oxidation sites excluding steroid dienone is 7. The van der Waals surface area contributed by atoms with Crippen LogP contribution >= 0.6 is 11.3 Å². The third kappa shape index (κ3) is 11.3. The molecule has 0 spiro atoms. The number of benzene rings is 1. The molecule has 44 heavy (non-hydrogen) atoms. The SMILES string of the molecule is CCCCNC(=O)Cc1cccc(CC(=O)Nc2nnc(CCCCC3=CC=C(NC(O)CC4C=CC=CC4C)NN3)s2)c1. The average molecular weight is 620 g/mol. The maximum Gasteiger partial charge on any atom is 0.230 e. The van der Waals surface area contributed by atoms with E-state index in [0.29, 0.717) is 36.4 Å². The van der Waals surface area contributed by atoms with Crippen LogP contribution < -0.4 is 26.8 Å². The van der Waals surface area contributed by atoms with Gasteiger partial charge in [-0.3, -0.25) is 15.0 Å². The Hall–Kier alpha value is -3.96. The fourth-order valence-corrected chi connectivity index (χ4v) is 5.84. The molecule has 0 radical (unpaired) electrons. The van der Waals surface area contributed by atoms with Gasteiger partial charge in [0.1, 0.15) is 17.1 Å². The molecule has 0 saturated carbocycles. The molecule has 0 bridgehead atoms. The summed E-state index contributed by atoms with van der Waals surface area (Å²) >= 11 is 1.40. The number of aromatic nitrogens is 2. The van der Waals surface area contributed by atoms with Crippen molar-refractivity contribution in [2.75, 3.05) is 11.9 Å². The van der Waals surface area contributed by atoms with Crippen molar-refractivity contribution >= 4 is 28.3 Å². The Balaban J connectivity index is 1.12. The molecule has 1 aromatic carbocycles. The first-order valence-corrected chi connectivity index (χ1v) is 16.4. The third-order valence-electron chi connectivity index (χ3n) is 7.56. The Morgan fingerprint density at radius 3 is 2.52 bits per heavy atom. The number of aliphatic hydroxyl groups is 1. The largest absolute Gasteiger partial charge is 0.374 e. The van der Waals surface area contributed by atoms with Crippen molar-refractivity contribution in [2.24, 2.45) is 11.8 Å². The number of aliphatic hydroxyl groups excluding tert-OH is 1. The van der Waals surface area contributed by atoms with E-state index < -0.39 is 6.23 Å². The van der Waals surface area contributed by atoms with Crippen LogP contribution in [0.5, 0.6) is 0 Å². The van der Waals surface area contributed by atoms with Gasteiger partial charge < -0.3 is 26.5 Å². The van der Waals surface area contributed by atoms with E-state index in [4.69, 9.17) is 0 Å². The van der Waals surface area contributed by atoms with Gasteiger partial charge >= 0.3 is 0 Å². The molecule has 2 amide bonds. The molecule has 0 fully saturated rings. The van der Waals surface area contributed by atoms with Gasteiger partial charge in [-0.1, -0.05) is 80.2 Å². The van der Waals surface area contributed by atoms with Crippen molar-refractivity contribution in [2.45, 2.75) is 77.9 Å². The highest BCUT2D eigenvalue weighted by Gasteiger charge is 2.19. The molecule has 236 valence electrons. The topological polar surface area (TPSA) is 140 Å². The molecule has 3 unspecified atom stereocenters. The Kier molecular flexibility index (Phi) is 13.0. The van der Waals surface area contributed by atoms with Crippen LogP contribution in [0.15, 0.2) is 72.2 Å². The van der Waals surface area contributed by atoms with Crippen molar-refractivity contribution < 1.29 is 14.7 Å². The van der Waals surface area contributed by atoms with E-state index >= 15 is 0 Å². The molecule has 4 rings (SSSR count). The number of unbranched alkanes of at least 4 members (excludes halogenated alkanes) is 2. The fourth-order valence-electron chi connectivity index (χ4n) is 5.05. The van der Waals surface area contributed by atoms with Crippen molar-refractivity contribution in [3.63, 3.8) is 0 Å². The second-order valence-corrected chi connectivity index (χ2v) is 12.4. The standard InChI is InChI=1S/C33H45N7O3S/c1-3-4-18-34-29(41)20-24-11-9-12-25(19-24)21-30(42)36-33-40-39-32(44-33)15-8-7-14-27-16-17-28(38-37-27)35-31(43)22-26-13-6-5-10-23(26)2/h5-6,9-13,16-17,19,23,26,31,35,37-38,43H,3-4,7-8,14-15,18,20-22H2,1-2H3,(H,34,41)(H,36,40,42). The van der Waals surface area contributed by atoms with Crippen molar-refractivity contribution in [3.8, 4) is 0 Å². The van der Waals surface area contributed by atoms with Gasteiger partial charge in [0.25, 0.3) is 0 Å². The lowest BCUT2D eigenvalue weighted by Gasteiger charge is -2.27. The van der Waals surface area contributed by atoms with Crippen molar-refractivity contribution in [1.82, 2.24) is 31.7 Å². The summed E-state index contributed by atoms with van der Waals surface area (Å²) in [5.41, 5.74) is 9.15. The Labute approximate surface area is 264 Å². The monoisotopic (exact) mass is 619 g/mol. The Morgan fingerprint density at radius 2 is 1.77 bits per heavy atom. The molecule has 6 N–H and O–H groups in total. The number of aryl methyl sites for hydroxylation is 1. The number of amides is 2. The van der Waals surface area contributed by atoms with E-state index in [1.807, 2.05) is 42.5 Å². The van der Waals surface area contributed by atoms with Crippen LogP contribution in [0.25, 0.3) is 0 Å². The summed E-state index contributed by atoms with van der Waals surface area (Å²) < 4.78 is 0. The lowest BCUT2D eigenvalue weighted by Crippen LogP contribution is -2.43. The minimum absolute atomic E-state index is 0.00430. The highest BCUT2D eigenvalue weighted by atomic mass is 32.1. The van der Waals surface area contributed by atoms with Gasteiger partial charge in [0, 0.05) is 18.7 Å². The fraction of sp³-hybridized carbons (Fsp3) is 0.455. The van der Waals surface area contributed by atoms with Gasteiger partial charge in [0.15, 0.2) is 0 Å². The average Bonchev–Trinajstić information content (AvgIpc) is 3.44. The van der Waals surface area contributed by atoms with Gasteiger partial charge in [-0.2, -0.15) is 0 Å². The van der Waals surface area contributed by atoms with Crippen LogP contribution in [0.2, 0.25) is 0 Å². The number of hydrogen-bond acceptors (Lipinski definition) is 9. The van der Waals surface area contributed by atoms with E-state index in [-0.39, 0.29) is 18.2 Å². The zero-order valence-electron chi connectivity index (χ0n) is 25.6. The van der Waals surface area contributed by atoms with Gasteiger partial charge in [0.2, 0.25) is 16.9 Å². The van der Waals surface area contributed by atoms with Gasteiger partial charge in [0.05, 0.1) is 12.8 Å². The highest BCUT2D eigenvalue weighted by Crippen LogP contribution is 2.23. The minimum Gasteiger partial charge on any atom is -0.374 e. The summed E-state index contributed by atoms with van der Waals surface area (Å²) in [5, 5.41) is 29.1. The second kappa shape index (κ2) is 17.4. The third-order valence-corrected chi connectivity index (χ3v) is 8.46. The Bertz CT molecular complexity index is 1370. The number of carbonyl (C=O) groups is 2. The van der Waals surface area contributed by atoms with Gasteiger partial charge in [-0.15, -0.1) is 10.2 Å². The lowest BCUT2D eigenvalue weighted by atomic mass is 9.87. The van der Waals surface area contributed by atoms with Crippen LogP contribution in [0.4, 0.5) is 5.13 Å². The highest BCUT2D eigenvalue weighted by molar-refractivity contribution is 7.15. The predicted octanol–water partition coefficient (Wildman–Crippen LogP) is 4.40. The molecule has 2 heterocycles. The summed E-state index contributed by atoms with van der Waals surface area (Å²) in [7, 11) is 0. The second-order valence-electron chi connectivity index (χ2n) is 11.3. The number of hydrogen-bond donors (Lipinski definition) is 6. The number of nitrogens with zero attached hydrogens (tertiary/aromatic N) is 2. The van der Waals surface area contributed by atoms with Crippen LogP contribution in [0.1, 0.15) is 68.5 Å². The summed E-state index contributed by atoms with van der Waals surface area (Å²) in [4.78, 5) is 24.7. The maximum absolute atomic E-state index is 12.6. The van der Waals surface area contributed by atoms with Crippen molar-refractivity contribution in [3.05, 3.63) is 88.4 Å². The molecular formula is C33H45N7O3S. The van der Waals surface area contributed by atoms with E-state index in [1.54, 1.807) is 0 Å². The number of anilines is 1. The number of carbonyl (C=O) groups excluding carboxylic acids is 2. The van der Waals surface area contributed by atoms with E-state index in [1.165, 1.54) is 11.3 Å². The quantitative estimate of drug-likeness (QED) is 0.113. The molecule has 0 saturated heterocycles. The maximum atomic E-state index is 12.6. The minimum atomic E-state index is -0.638. The molecule has 1 aliphatic heterocycles. The Morgan fingerprint density at radius 1 is 1.00 bits per heavy atom. The summed E-state index contributed by atoms with van der Waals surface area (Å²) in [6.45, 7) is 4.94.